The zero-order valence-corrected chi connectivity index (χ0v) is 20.3. The quantitative estimate of drug-likeness (QED) is 0.367. The Morgan fingerprint density at radius 3 is 2.51 bits per heavy atom. The summed E-state index contributed by atoms with van der Waals surface area (Å²) in [7, 11) is 0. The van der Waals surface area contributed by atoms with Crippen molar-refractivity contribution in [3.05, 3.63) is 72.3 Å². The van der Waals surface area contributed by atoms with E-state index in [9.17, 15) is 18.8 Å². The van der Waals surface area contributed by atoms with Crippen molar-refractivity contribution in [1.82, 2.24) is 5.32 Å². The van der Waals surface area contributed by atoms with Gasteiger partial charge in [0.15, 0.2) is 12.1 Å². The molecule has 0 radical (unpaired) electrons. The summed E-state index contributed by atoms with van der Waals surface area (Å²) in [5, 5.41) is 4.79. The lowest BCUT2D eigenvalue weighted by atomic mass is 10.0. The van der Waals surface area contributed by atoms with Crippen LogP contribution in [0.3, 0.4) is 0 Å². The molecule has 0 aromatic heterocycles. The van der Waals surface area contributed by atoms with Crippen LogP contribution in [0.25, 0.3) is 10.8 Å². The molecule has 0 aliphatic carbocycles. The first-order chi connectivity index (χ1) is 18.0. The van der Waals surface area contributed by atoms with E-state index >= 15 is 0 Å². The van der Waals surface area contributed by atoms with Gasteiger partial charge in [-0.25, -0.2) is 9.18 Å². The summed E-state index contributed by atoms with van der Waals surface area (Å²) in [6, 6.07) is 20.3. The minimum atomic E-state index is -1.20. The molecule has 9 heteroatoms. The average molecular weight is 506 g/mol. The maximum Gasteiger partial charge on any atom is 0.414 e. The van der Waals surface area contributed by atoms with Crippen LogP contribution in [0.5, 0.6) is 0 Å². The molecule has 2 fully saturated rings. The van der Waals surface area contributed by atoms with E-state index in [4.69, 9.17) is 9.47 Å². The first kappa shape index (κ1) is 24.7. The molecule has 2 atom stereocenters. The SMILES string of the molecule is O=C(CCC(=O)c1ccc2ccccc2c1)NC[C@H]1CN(c2ccc(N3CCOC[C@@H]3F)cc2)C(=O)O1. The lowest BCUT2D eigenvalue weighted by molar-refractivity contribution is -0.121. The van der Waals surface area contributed by atoms with Crippen LogP contribution in [-0.4, -0.2) is 63.0 Å². The van der Waals surface area contributed by atoms with Gasteiger partial charge in [-0.2, -0.15) is 0 Å². The third-order valence-corrected chi connectivity index (χ3v) is 6.61. The van der Waals surface area contributed by atoms with Crippen LogP contribution in [0.4, 0.5) is 20.6 Å². The first-order valence-electron chi connectivity index (χ1n) is 12.3. The Hall–Kier alpha value is -3.98. The maximum atomic E-state index is 14.1. The summed E-state index contributed by atoms with van der Waals surface area (Å²) in [6.45, 7) is 1.39. The van der Waals surface area contributed by atoms with Crippen molar-refractivity contribution >= 4 is 39.9 Å². The fourth-order valence-corrected chi connectivity index (χ4v) is 4.58. The number of alkyl halides is 1. The predicted molar refractivity (Wildman–Crippen MR) is 138 cm³/mol. The molecule has 3 aromatic carbocycles. The van der Waals surface area contributed by atoms with Crippen molar-refractivity contribution < 1.29 is 28.2 Å². The first-order valence-corrected chi connectivity index (χ1v) is 12.3. The van der Waals surface area contributed by atoms with Crippen LogP contribution < -0.4 is 15.1 Å². The van der Waals surface area contributed by atoms with E-state index in [0.717, 1.165) is 10.8 Å². The predicted octanol–water partition coefficient (Wildman–Crippen LogP) is 4.08. The molecule has 0 bridgehead atoms. The van der Waals surface area contributed by atoms with Crippen molar-refractivity contribution in [2.45, 2.75) is 25.2 Å². The van der Waals surface area contributed by atoms with Gasteiger partial charge in [-0.15, -0.1) is 0 Å². The minimum Gasteiger partial charge on any atom is -0.442 e. The van der Waals surface area contributed by atoms with Gasteiger partial charge in [-0.1, -0.05) is 36.4 Å². The zero-order chi connectivity index (χ0) is 25.8. The van der Waals surface area contributed by atoms with Crippen molar-refractivity contribution in [2.24, 2.45) is 0 Å². The molecule has 37 heavy (non-hydrogen) atoms. The summed E-state index contributed by atoms with van der Waals surface area (Å²) < 4.78 is 24.6. The Balaban J connectivity index is 1.09. The minimum absolute atomic E-state index is 0.0329. The fourth-order valence-electron chi connectivity index (χ4n) is 4.58. The largest absolute Gasteiger partial charge is 0.442 e. The number of ketones is 1. The number of halogens is 1. The van der Waals surface area contributed by atoms with E-state index in [1.165, 1.54) is 4.90 Å². The zero-order valence-electron chi connectivity index (χ0n) is 20.3. The summed E-state index contributed by atoms with van der Waals surface area (Å²) in [4.78, 5) is 40.4. The molecule has 2 aliphatic heterocycles. The van der Waals surface area contributed by atoms with Crippen LogP contribution in [0.1, 0.15) is 23.2 Å². The van der Waals surface area contributed by atoms with Crippen molar-refractivity contribution in [3.8, 4) is 0 Å². The monoisotopic (exact) mass is 505 g/mol. The van der Waals surface area contributed by atoms with Gasteiger partial charge >= 0.3 is 6.09 Å². The number of carbonyl (C=O) groups excluding carboxylic acids is 3. The van der Waals surface area contributed by atoms with Gasteiger partial charge in [0.2, 0.25) is 5.91 Å². The van der Waals surface area contributed by atoms with E-state index in [0.29, 0.717) is 30.1 Å². The Labute approximate surface area is 213 Å². The number of fused-ring (bicyclic) bond motifs is 1. The smallest absolute Gasteiger partial charge is 0.414 e. The van der Waals surface area contributed by atoms with E-state index in [-0.39, 0.29) is 44.2 Å². The van der Waals surface area contributed by atoms with Gasteiger partial charge in [-0.05, 0) is 41.1 Å². The summed E-state index contributed by atoms with van der Waals surface area (Å²) in [5.41, 5.74) is 1.93. The standard InChI is InChI=1S/C28H28FN3O5/c29-26-18-36-14-13-31(26)22-7-9-23(10-8-22)32-17-24(37-28(32)35)16-30-27(34)12-11-25(33)21-6-5-19-3-1-2-4-20(19)15-21/h1-10,15,24,26H,11-14,16-18H2,(H,30,34)/t24-,26+/m0/s1. The number of hydrogen-bond acceptors (Lipinski definition) is 6. The maximum absolute atomic E-state index is 14.1. The molecule has 3 aromatic rings. The van der Waals surface area contributed by atoms with Gasteiger partial charge < -0.3 is 19.7 Å². The summed E-state index contributed by atoms with van der Waals surface area (Å²) in [5.74, 6) is -0.377. The number of amides is 2. The number of morpholine rings is 1. The number of carbonyl (C=O) groups is 3. The Bertz CT molecular complexity index is 1300. The molecule has 8 nitrogen and oxygen atoms in total. The van der Waals surface area contributed by atoms with Gasteiger partial charge in [0.25, 0.3) is 0 Å². The molecule has 0 unspecified atom stereocenters. The van der Waals surface area contributed by atoms with Crippen molar-refractivity contribution in [3.63, 3.8) is 0 Å². The van der Waals surface area contributed by atoms with Crippen molar-refractivity contribution in [2.75, 3.05) is 42.6 Å². The molecule has 0 saturated carbocycles. The fraction of sp³-hybridized carbons (Fsp3) is 0.321. The number of nitrogens with zero attached hydrogens (tertiary/aromatic N) is 2. The lowest BCUT2D eigenvalue weighted by Crippen LogP contribution is -2.42. The highest BCUT2D eigenvalue weighted by Crippen LogP contribution is 2.27. The highest BCUT2D eigenvalue weighted by Gasteiger charge is 2.33. The van der Waals surface area contributed by atoms with E-state index in [1.807, 2.05) is 36.4 Å². The van der Waals surface area contributed by atoms with Gasteiger partial charge in [0.1, 0.15) is 6.10 Å². The Morgan fingerprint density at radius 1 is 0.973 bits per heavy atom. The highest BCUT2D eigenvalue weighted by molar-refractivity contribution is 6.01. The van der Waals surface area contributed by atoms with E-state index in [1.54, 1.807) is 35.2 Å². The van der Waals surface area contributed by atoms with Crippen LogP contribution in [0.2, 0.25) is 0 Å². The summed E-state index contributed by atoms with van der Waals surface area (Å²) in [6.07, 6.45) is -2.08. The molecule has 2 amide bonds. The number of ether oxygens (including phenoxy) is 2. The molecule has 2 heterocycles. The van der Waals surface area contributed by atoms with E-state index in [2.05, 4.69) is 5.32 Å². The number of anilines is 2. The molecule has 2 aliphatic rings. The molecule has 192 valence electrons. The second kappa shape index (κ2) is 11.0. The average Bonchev–Trinajstić information content (AvgIpc) is 3.31. The second-order valence-corrected chi connectivity index (χ2v) is 9.12. The molecule has 0 spiro atoms. The van der Waals surface area contributed by atoms with Gasteiger partial charge in [0.05, 0.1) is 26.3 Å². The van der Waals surface area contributed by atoms with E-state index < -0.39 is 18.5 Å². The topological polar surface area (TPSA) is 88.2 Å². The molecular formula is C28H28FN3O5. The molecular weight excluding hydrogens is 477 g/mol. The number of cyclic esters (lactones) is 1. The van der Waals surface area contributed by atoms with Crippen LogP contribution in [0, 0.1) is 0 Å². The van der Waals surface area contributed by atoms with Crippen LogP contribution in [0.15, 0.2) is 66.7 Å². The van der Waals surface area contributed by atoms with Gasteiger partial charge in [-0.3, -0.25) is 14.5 Å². The number of hydrogen-bond donors (Lipinski definition) is 1. The molecule has 1 N–H and O–H groups in total. The highest BCUT2D eigenvalue weighted by atomic mass is 19.1. The number of benzene rings is 3. The van der Waals surface area contributed by atoms with Crippen molar-refractivity contribution in [1.29, 1.82) is 0 Å². The summed E-state index contributed by atoms with van der Waals surface area (Å²) >= 11 is 0. The Morgan fingerprint density at radius 2 is 1.73 bits per heavy atom. The number of nitrogens with one attached hydrogen (secondary N) is 1. The number of Topliss-reactive ketones (excluding diaryl/α,β-unsaturated/α-hetero) is 1. The Kier molecular flexibility index (Phi) is 7.32. The van der Waals surface area contributed by atoms with Crippen LogP contribution >= 0.6 is 0 Å². The number of rotatable bonds is 8. The third-order valence-electron chi connectivity index (χ3n) is 6.61. The third kappa shape index (κ3) is 5.72. The molecule has 2 saturated heterocycles. The molecule has 5 rings (SSSR count). The normalized spacial score (nSPS) is 19.6. The van der Waals surface area contributed by atoms with Crippen LogP contribution in [-0.2, 0) is 14.3 Å². The second-order valence-electron chi connectivity index (χ2n) is 9.12. The van der Waals surface area contributed by atoms with Gasteiger partial charge in [0, 0.05) is 36.3 Å². The lowest BCUT2D eigenvalue weighted by Gasteiger charge is -2.32.